The Balaban J connectivity index is 2.93. The zero-order chi connectivity index (χ0) is 8.27. The summed E-state index contributed by atoms with van der Waals surface area (Å²) in [4.78, 5) is 0. The standard InChI is InChI=1S/C8H8ClIO/c1-2-11-8-5-6(9)3-4-7(8)10/h3-5H,2H2,1H3. The van der Waals surface area contributed by atoms with Crippen molar-refractivity contribution in [3.05, 3.63) is 26.8 Å². The second kappa shape index (κ2) is 4.16. The first-order valence-corrected chi connectivity index (χ1v) is 4.77. The van der Waals surface area contributed by atoms with Gasteiger partial charge in [0.05, 0.1) is 10.2 Å². The average Bonchev–Trinajstić information content (AvgIpc) is 1.98. The summed E-state index contributed by atoms with van der Waals surface area (Å²) in [6.45, 7) is 2.63. The third-order valence-corrected chi connectivity index (χ3v) is 2.32. The number of hydrogen-bond acceptors (Lipinski definition) is 1. The van der Waals surface area contributed by atoms with Crippen molar-refractivity contribution < 1.29 is 4.74 Å². The van der Waals surface area contributed by atoms with E-state index in [0.29, 0.717) is 11.6 Å². The fourth-order valence-electron chi connectivity index (χ4n) is 0.743. The molecule has 0 fully saturated rings. The Kier molecular flexibility index (Phi) is 3.45. The molecule has 1 rings (SSSR count). The second-order valence-electron chi connectivity index (χ2n) is 2.01. The third kappa shape index (κ3) is 2.52. The van der Waals surface area contributed by atoms with Gasteiger partial charge in [-0.25, -0.2) is 0 Å². The van der Waals surface area contributed by atoms with Gasteiger partial charge < -0.3 is 4.74 Å². The minimum atomic E-state index is 0.677. The van der Waals surface area contributed by atoms with E-state index < -0.39 is 0 Å². The van der Waals surface area contributed by atoms with E-state index in [-0.39, 0.29) is 0 Å². The molecule has 60 valence electrons. The molecule has 3 heteroatoms. The van der Waals surface area contributed by atoms with Gasteiger partial charge in [-0.2, -0.15) is 0 Å². The monoisotopic (exact) mass is 282 g/mol. The molecule has 0 aromatic heterocycles. The van der Waals surface area contributed by atoms with E-state index in [1.54, 1.807) is 0 Å². The molecule has 0 saturated heterocycles. The Morgan fingerprint density at radius 3 is 2.91 bits per heavy atom. The summed E-state index contributed by atoms with van der Waals surface area (Å²) in [5, 5.41) is 0.717. The molecule has 0 bridgehead atoms. The zero-order valence-corrected chi connectivity index (χ0v) is 9.02. The number of hydrogen-bond donors (Lipinski definition) is 0. The van der Waals surface area contributed by atoms with Gasteiger partial charge in [0.1, 0.15) is 5.75 Å². The van der Waals surface area contributed by atoms with Crippen LogP contribution in [0.25, 0.3) is 0 Å². The van der Waals surface area contributed by atoms with Crippen molar-refractivity contribution >= 4 is 34.2 Å². The molecule has 0 spiro atoms. The van der Waals surface area contributed by atoms with Crippen LogP contribution in [0.4, 0.5) is 0 Å². The first-order valence-electron chi connectivity index (χ1n) is 3.32. The molecule has 0 radical (unpaired) electrons. The fraction of sp³-hybridized carbons (Fsp3) is 0.250. The summed E-state index contributed by atoms with van der Waals surface area (Å²) in [7, 11) is 0. The summed E-state index contributed by atoms with van der Waals surface area (Å²) < 4.78 is 6.42. The topological polar surface area (TPSA) is 9.23 Å². The lowest BCUT2D eigenvalue weighted by Crippen LogP contribution is -1.93. The van der Waals surface area contributed by atoms with Crippen molar-refractivity contribution in [3.63, 3.8) is 0 Å². The molecule has 1 aromatic carbocycles. The van der Waals surface area contributed by atoms with Crippen LogP contribution in [-0.2, 0) is 0 Å². The van der Waals surface area contributed by atoms with Crippen LogP contribution >= 0.6 is 34.2 Å². The molecule has 0 aliphatic heterocycles. The predicted molar refractivity (Wildman–Crippen MR) is 55.3 cm³/mol. The lowest BCUT2D eigenvalue weighted by Gasteiger charge is -2.04. The molecular weight excluding hydrogens is 274 g/mol. The maximum absolute atomic E-state index is 5.77. The molecule has 0 aliphatic rings. The van der Waals surface area contributed by atoms with Gasteiger partial charge in [-0.1, -0.05) is 11.6 Å². The summed E-state index contributed by atoms with van der Waals surface area (Å²) in [6, 6.07) is 5.62. The van der Waals surface area contributed by atoms with Gasteiger partial charge in [-0.15, -0.1) is 0 Å². The van der Waals surface area contributed by atoms with E-state index in [9.17, 15) is 0 Å². The molecule has 0 N–H and O–H groups in total. The van der Waals surface area contributed by atoms with Crippen molar-refractivity contribution in [2.24, 2.45) is 0 Å². The average molecular weight is 283 g/mol. The van der Waals surface area contributed by atoms with E-state index in [1.807, 2.05) is 25.1 Å². The summed E-state index contributed by atoms with van der Waals surface area (Å²) in [5.74, 6) is 0.862. The number of halogens is 2. The molecule has 0 heterocycles. The van der Waals surface area contributed by atoms with Crippen molar-refractivity contribution in [3.8, 4) is 5.75 Å². The van der Waals surface area contributed by atoms with Gasteiger partial charge >= 0.3 is 0 Å². The maximum Gasteiger partial charge on any atom is 0.134 e. The van der Waals surface area contributed by atoms with Crippen LogP contribution in [0.1, 0.15) is 6.92 Å². The Hall–Kier alpha value is 0.0400. The van der Waals surface area contributed by atoms with E-state index in [4.69, 9.17) is 16.3 Å². The molecule has 0 saturated carbocycles. The fourth-order valence-corrected chi connectivity index (χ4v) is 1.40. The molecular formula is C8H8ClIO. The van der Waals surface area contributed by atoms with E-state index in [1.165, 1.54) is 0 Å². The highest BCUT2D eigenvalue weighted by Gasteiger charge is 1.99. The molecule has 0 aliphatic carbocycles. The summed E-state index contributed by atoms with van der Waals surface area (Å²) >= 11 is 7.99. The molecule has 11 heavy (non-hydrogen) atoms. The van der Waals surface area contributed by atoms with Crippen LogP contribution < -0.4 is 4.74 Å². The Bertz CT molecular complexity index is 250. The first kappa shape index (κ1) is 9.13. The third-order valence-electron chi connectivity index (χ3n) is 1.19. The van der Waals surface area contributed by atoms with Crippen LogP contribution in [0.5, 0.6) is 5.75 Å². The normalized spacial score (nSPS) is 9.73. The number of ether oxygens (including phenoxy) is 1. The van der Waals surface area contributed by atoms with Crippen LogP contribution in [0.2, 0.25) is 5.02 Å². The zero-order valence-electron chi connectivity index (χ0n) is 6.10. The minimum Gasteiger partial charge on any atom is -0.493 e. The second-order valence-corrected chi connectivity index (χ2v) is 3.61. The van der Waals surface area contributed by atoms with Gasteiger partial charge in [-0.05, 0) is 47.7 Å². The largest absolute Gasteiger partial charge is 0.493 e. The van der Waals surface area contributed by atoms with Crippen LogP contribution in [0.15, 0.2) is 18.2 Å². The number of rotatable bonds is 2. The molecule has 0 atom stereocenters. The Labute approximate surface area is 84.8 Å². The minimum absolute atomic E-state index is 0.677. The van der Waals surface area contributed by atoms with Gasteiger partial charge in [0.25, 0.3) is 0 Å². The Morgan fingerprint density at radius 1 is 1.55 bits per heavy atom. The van der Waals surface area contributed by atoms with E-state index in [2.05, 4.69) is 22.6 Å². The predicted octanol–water partition coefficient (Wildman–Crippen LogP) is 3.34. The van der Waals surface area contributed by atoms with Gasteiger partial charge in [0, 0.05) is 5.02 Å². The van der Waals surface area contributed by atoms with Crippen molar-refractivity contribution in [1.29, 1.82) is 0 Å². The van der Waals surface area contributed by atoms with Crippen LogP contribution in [-0.4, -0.2) is 6.61 Å². The molecule has 1 aromatic rings. The van der Waals surface area contributed by atoms with Crippen molar-refractivity contribution in [1.82, 2.24) is 0 Å². The smallest absolute Gasteiger partial charge is 0.134 e. The summed E-state index contributed by atoms with van der Waals surface area (Å²) in [5.41, 5.74) is 0. The molecule has 1 nitrogen and oxygen atoms in total. The molecule has 0 amide bonds. The van der Waals surface area contributed by atoms with Crippen LogP contribution in [0.3, 0.4) is 0 Å². The molecule has 0 unspecified atom stereocenters. The van der Waals surface area contributed by atoms with Gasteiger partial charge in [-0.3, -0.25) is 0 Å². The van der Waals surface area contributed by atoms with Gasteiger partial charge in [0.2, 0.25) is 0 Å². The lowest BCUT2D eigenvalue weighted by atomic mass is 10.3. The van der Waals surface area contributed by atoms with Crippen LogP contribution in [0, 0.1) is 3.57 Å². The summed E-state index contributed by atoms with van der Waals surface area (Å²) in [6.07, 6.45) is 0. The van der Waals surface area contributed by atoms with E-state index in [0.717, 1.165) is 9.32 Å². The number of benzene rings is 1. The van der Waals surface area contributed by atoms with Gasteiger partial charge in [0.15, 0.2) is 0 Å². The first-order chi connectivity index (χ1) is 5.24. The Morgan fingerprint density at radius 2 is 2.27 bits per heavy atom. The highest BCUT2D eigenvalue weighted by Crippen LogP contribution is 2.24. The maximum atomic E-state index is 5.77. The SMILES string of the molecule is CCOc1cc(Cl)ccc1I. The van der Waals surface area contributed by atoms with Crippen molar-refractivity contribution in [2.45, 2.75) is 6.92 Å². The lowest BCUT2D eigenvalue weighted by molar-refractivity contribution is 0.338. The van der Waals surface area contributed by atoms with E-state index >= 15 is 0 Å². The van der Waals surface area contributed by atoms with Crippen molar-refractivity contribution in [2.75, 3.05) is 6.61 Å². The highest BCUT2D eigenvalue weighted by molar-refractivity contribution is 14.1. The quantitative estimate of drug-likeness (QED) is 0.756. The highest BCUT2D eigenvalue weighted by atomic mass is 127.